The molecule has 28 heavy (non-hydrogen) atoms. The fraction of sp³-hybridized carbons (Fsp3) is 0.478. The van der Waals surface area contributed by atoms with E-state index in [1.807, 2.05) is 16.7 Å². The highest BCUT2D eigenvalue weighted by Gasteiger charge is 2.32. The smallest absolute Gasteiger partial charge is 0.267 e. The third-order valence-electron chi connectivity index (χ3n) is 5.84. The number of hydrogen-bond acceptors (Lipinski definition) is 4. The summed E-state index contributed by atoms with van der Waals surface area (Å²) in [4.78, 5) is 20.9. The Morgan fingerprint density at radius 2 is 1.96 bits per heavy atom. The van der Waals surface area contributed by atoms with Crippen molar-refractivity contribution in [3.63, 3.8) is 0 Å². The van der Waals surface area contributed by atoms with E-state index < -0.39 is 0 Å². The van der Waals surface area contributed by atoms with Crippen molar-refractivity contribution in [2.45, 2.75) is 59.0 Å². The zero-order valence-corrected chi connectivity index (χ0v) is 19.0. The van der Waals surface area contributed by atoms with E-state index in [2.05, 4.69) is 46.8 Å². The lowest BCUT2D eigenvalue weighted by molar-refractivity contribution is 0.218. The van der Waals surface area contributed by atoms with Gasteiger partial charge in [-0.05, 0) is 61.0 Å². The largest absolute Gasteiger partial charge is 0.268 e. The molecule has 2 aromatic heterocycles. The summed E-state index contributed by atoms with van der Waals surface area (Å²) in [5.74, 6) is 1.55. The predicted octanol–water partition coefficient (Wildman–Crippen LogP) is 6.02. The number of fused-ring (bicyclic) bond motifs is 3. The molecule has 3 nitrogen and oxygen atoms in total. The van der Waals surface area contributed by atoms with Crippen LogP contribution >= 0.6 is 23.1 Å². The number of nitrogens with zero attached hydrogens (tertiary/aromatic N) is 2. The molecular formula is C23H28N2OS2. The minimum absolute atomic E-state index is 0.0940. The van der Waals surface area contributed by atoms with Crippen LogP contribution in [-0.2, 0) is 12.8 Å². The normalized spacial score (nSPS) is 17.1. The number of aryl methyl sites for hydroxylation is 2. The SMILES string of the molecule is CCSc1nc2sc3c(c2c(=O)n1-c1ccc(C)cc1)CC[C@H](C(C)(C)C)C3. The van der Waals surface area contributed by atoms with Gasteiger partial charge in [0.15, 0.2) is 5.16 Å². The molecular weight excluding hydrogens is 384 g/mol. The molecule has 5 heteroatoms. The highest BCUT2D eigenvalue weighted by atomic mass is 32.2. The second-order valence-corrected chi connectivity index (χ2v) is 11.1. The van der Waals surface area contributed by atoms with E-state index in [0.717, 1.165) is 46.1 Å². The second-order valence-electron chi connectivity index (χ2n) is 8.79. The zero-order valence-electron chi connectivity index (χ0n) is 17.3. The van der Waals surface area contributed by atoms with E-state index in [4.69, 9.17) is 4.98 Å². The topological polar surface area (TPSA) is 34.9 Å². The van der Waals surface area contributed by atoms with Gasteiger partial charge < -0.3 is 0 Å². The fourth-order valence-corrected chi connectivity index (χ4v) is 6.17. The maximum Gasteiger partial charge on any atom is 0.267 e. The summed E-state index contributed by atoms with van der Waals surface area (Å²) in [5.41, 5.74) is 3.75. The molecule has 1 atom stereocenters. The van der Waals surface area contributed by atoms with E-state index in [1.165, 1.54) is 16.0 Å². The van der Waals surface area contributed by atoms with Crippen molar-refractivity contribution in [2.24, 2.45) is 11.3 Å². The molecule has 0 saturated heterocycles. The number of hydrogen-bond donors (Lipinski definition) is 0. The maximum absolute atomic E-state index is 13.6. The summed E-state index contributed by atoms with van der Waals surface area (Å²) >= 11 is 3.38. The average Bonchev–Trinajstić information content (AvgIpc) is 3.00. The number of thiophene rings is 1. The van der Waals surface area contributed by atoms with Gasteiger partial charge >= 0.3 is 0 Å². The van der Waals surface area contributed by atoms with E-state index in [9.17, 15) is 4.79 Å². The first kappa shape index (κ1) is 19.7. The van der Waals surface area contributed by atoms with Crippen LogP contribution in [0.4, 0.5) is 0 Å². The molecule has 1 aliphatic carbocycles. The molecule has 0 N–H and O–H groups in total. The van der Waals surface area contributed by atoms with Crippen LogP contribution in [0.2, 0.25) is 0 Å². The maximum atomic E-state index is 13.6. The van der Waals surface area contributed by atoms with Crippen LogP contribution in [0.5, 0.6) is 0 Å². The Morgan fingerprint density at radius 3 is 2.61 bits per heavy atom. The highest BCUT2D eigenvalue weighted by Crippen LogP contribution is 2.42. The third kappa shape index (κ3) is 3.43. The Labute approximate surface area is 175 Å². The molecule has 4 rings (SSSR count). The van der Waals surface area contributed by atoms with Gasteiger partial charge in [0, 0.05) is 4.88 Å². The molecule has 1 aromatic carbocycles. The molecule has 1 aliphatic rings. The van der Waals surface area contributed by atoms with Gasteiger partial charge in [-0.25, -0.2) is 4.98 Å². The van der Waals surface area contributed by atoms with Gasteiger partial charge in [-0.1, -0.05) is 57.2 Å². The number of thioether (sulfide) groups is 1. The van der Waals surface area contributed by atoms with Crippen molar-refractivity contribution >= 4 is 33.3 Å². The van der Waals surface area contributed by atoms with Gasteiger partial charge in [-0.15, -0.1) is 11.3 Å². The minimum Gasteiger partial charge on any atom is -0.268 e. The Bertz CT molecular complexity index is 1070. The van der Waals surface area contributed by atoms with Gasteiger partial charge in [-0.3, -0.25) is 9.36 Å². The van der Waals surface area contributed by atoms with Gasteiger partial charge in [0.25, 0.3) is 5.56 Å². The van der Waals surface area contributed by atoms with Crippen molar-refractivity contribution in [1.29, 1.82) is 0 Å². The van der Waals surface area contributed by atoms with E-state index in [1.54, 1.807) is 23.1 Å². The number of benzene rings is 1. The Balaban J connectivity index is 1.91. The molecule has 0 aliphatic heterocycles. The first-order valence-corrected chi connectivity index (χ1v) is 11.9. The zero-order chi connectivity index (χ0) is 20.1. The standard InChI is InChI=1S/C23H28N2OS2/c1-6-27-22-24-20-19(21(26)25(22)16-10-7-14(2)8-11-16)17-12-9-15(23(3,4)5)13-18(17)28-20/h7-8,10-11,15H,6,9,12-13H2,1-5H3/t15-/m0/s1. The van der Waals surface area contributed by atoms with E-state index in [-0.39, 0.29) is 5.56 Å². The van der Waals surface area contributed by atoms with E-state index in [0.29, 0.717) is 11.3 Å². The number of aromatic nitrogens is 2. The highest BCUT2D eigenvalue weighted by molar-refractivity contribution is 7.99. The lowest BCUT2D eigenvalue weighted by Crippen LogP contribution is -2.27. The number of rotatable bonds is 3. The Morgan fingerprint density at radius 1 is 1.25 bits per heavy atom. The third-order valence-corrected chi connectivity index (χ3v) is 7.81. The van der Waals surface area contributed by atoms with Crippen LogP contribution < -0.4 is 5.56 Å². The van der Waals surface area contributed by atoms with Crippen LogP contribution in [-0.4, -0.2) is 15.3 Å². The van der Waals surface area contributed by atoms with Gasteiger partial charge in [-0.2, -0.15) is 0 Å². The summed E-state index contributed by atoms with van der Waals surface area (Å²) in [6, 6.07) is 8.17. The molecule has 0 bridgehead atoms. The van der Waals surface area contributed by atoms with Crippen molar-refractivity contribution in [3.8, 4) is 5.69 Å². The van der Waals surface area contributed by atoms with Crippen LogP contribution in [0.1, 0.15) is 50.1 Å². The Hall–Kier alpha value is -1.59. The van der Waals surface area contributed by atoms with Crippen LogP contribution in [0.25, 0.3) is 15.9 Å². The second kappa shape index (κ2) is 7.34. The summed E-state index contributed by atoms with van der Waals surface area (Å²) in [5, 5.41) is 1.66. The quantitative estimate of drug-likeness (QED) is 0.390. The lowest BCUT2D eigenvalue weighted by Gasteiger charge is -2.33. The molecule has 148 valence electrons. The average molecular weight is 413 g/mol. The Kier molecular flexibility index (Phi) is 5.17. The van der Waals surface area contributed by atoms with Crippen molar-refractivity contribution < 1.29 is 0 Å². The fourth-order valence-electron chi connectivity index (χ4n) is 4.09. The molecule has 0 fully saturated rings. The molecule has 0 unspecified atom stereocenters. The molecule has 2 heterocycles. The summed E-state index contributed by atoms with van der Waals surface area (Å²) in [7, 11) is 0. The van der Waals surface area contributed by atoms with Gasteiger partial charge in [0.2, 0.25) is 0 Å². The van der Waals surface area contributed by atoms with Gasteiger partial charge in [0.05, 0.1) is 11.1 Å². The summed E-state index contributed by atoms with van der Waals surface area (Å²) in [6.45, 7) is 11.2. The molecule has 0 radical (unpaired) electrons. The van der Waals surface area contributed by atoms with Crippen LogP contribution in [0.3, 0.4) is 0 Å². The molecule has 0 spiro atoms. The van der Waals surface area contributed by atoms with Crippen molar-refractivity contribution in [3.05, 3.63) is 50.6 Å². The van der Waals surface area contributed by atoms with Gasteiger partial charge in [0.1, 0.15) is 4.83 Å². The first-order valence-electron chi connectivity index (χ1n) is 10.1. The van der Waals surface area contributed by atoms with Crippen LogP contribution in [0, 0.1) is 18.3 Å². The predicted molar refractivity (Wildman–Crippen MR) is 121 cm³/mol. The molecule has 3 aromatic rings. The van der Waals surface area contributed by atoms with Crippen LogP contribution in [0.15, 0.2) is 34.2 Å². The minimum atomic E-state index is 0.0940. The summed E-state index contributed by atoms with van der Waals surface area (Å²) < 4.78 is 1.82. The monoisotopic (exact) mass is 412 g/mol. The van der Waals surface area contributed by atoms with E-state index >= 15 is 0 Å². The van der Waals surface area contributed by atoms with Crippen molar-refractivity contribution in [1.82, 2.24) is 9.55 Å². The first-order chi connectivity index (χ1) is 13.3. The summed E-state index contributed by atoms with van der Waals surface area (Å²) in [6.07, 6.45) is 3.21. The molecule has 0 amide bonds. The lowest BCUT2D eigenvalue weighted by atomic mass is 9.72. The molecule has 0 saturated carbocycles. The van der Waals surface area contributed by atoms with Crippen molar-refractivity contribution in [2.75, 3.05) is 5.75 Å².